The summed E-state index contributed by atoms with van der Waals surface area (Å²) in [6, 6.07) is 7.24. The van der Waals surface area contributed by atoms with E-state index in [0.29, 0.717) is 23.3 Å². The molecule has 2 aromatic rings. The minimum Gasteiger partial charge on any atom is -0.384 e. The second kappa shape index (κ2) is 11.3. The molecule has 0 bridgehead atoms. The van der Waals surface area contributed by atoms with E-state index in [0.717, 1.165) is 0 Å². The van der Waals surface area contributed by atoms with Crippen molar-refractivity contribution in [1.82, 2.24) is 9.74 Å². The van der Waals surface area contributed by atoms with E-state index >= 15 is 0 Å². The Morgan fingerprint density at radius 2 is 1.71 bits per heavy atom. The molecule has 2 amide bonds. The van der Waals surface area contributed by atoms with E-state index in [-0.39, 0.29) is 23.4 Å². The van der Waals surface area contributed by atoms with E-state index in [1.54, 1.807) is 24.3 Å². The van der Waals surface area contributed by atoms with Crippen LogP contribution in [0.5, 0.6) is 0 Å². The maximum atomic E-state index is 14.7. The molecule has 0 saturated carbocycles. The van der Waals surface area contributed by atoms with Crippen LogP contribution in [0.15, 0.2) is 36.4 Å². The summed E-state index contributed by atoms with van der Waals surface area (Å²) in [6.07, 6.45) is -6.56. The Hall–Kier alpha value is -3.25. The van der Waals surface area contributed by atoms with Gasteiger partial charge in [-0.05, 0) is 24.6 Å². The zero-order chi connectivity index (χ0) is 25.6. The second-order valence-electron chi connectivity index (χ2n) is 6.96. The monoisotopic (exact) mass is 506 g/mol. The maximum Gasteiger partial charge on any atom is 0.407 e. The lowest BCUT2D eigenvalue weighted by molar-refractivity contribution is -0.134. The van der Waals surface area contributed by atoms with Gasteiger partial charge in [-0.2, -0.15) is 13.2 Å². The number of nitrogens with two attached hydrogens (primary N) is 1. The Bertz CT molecular complexity index is 1040. The molecule has 0 aliphatic heterocycles. The summed E-state index contributed by atoms with van der Waals surface area (Å²) in [5.74, 6) is -5.27. The first-order chi connectivity index (χ1) is 15.8. The summed E-state index contributed by atoms with van der Waals surface area (Å²) < 4.78 is 71.7. The van der Waals surface area contributed by atoms with Crippen LogP contribution >= 0.6 is 11.8 Å². The van der Waals surface area contributed by atoms with Crippen LogP contribution in [-0.4, -0.2) is 41.4 Å². The van der Waals surface area contributed by atoms with Crippen LogP contribution in [0.4, 0.5) is 22.0 Å². The number of hydrogen-bond acceptors (Lipinski definition) is 4. The van der Waals surface area contributed by atoms with Gasteiger partial charge in [-0.3, -0.25) is 15.0 Å². The number of ether oxygens (including phenoxy) is 1. The third-order valence-corrected chi connectivity index (χ3v) is 4.70. The predicted molar refractivity (Wildman–Crippen MR) is 113 cm³/mol. The highest BCUT2D eigenvalue weighted by molar-refractivity contribution is 6.24. The Morgan fingerprint density at radius 3 is 2.18 bits per heavy atom. The van der Waals surface area contributed by atoms with Crippen molar-refractivity contribution in [2.24, 2.45) is 5.73 Å². The molecule has 0 aromatic heterocycles. The Balaban J connectivity index is 2.22. The molecule has 34 heavy (non-hydrogen) atoms. The first-order valence-electron chi connectivity index (χ1n) is 9.70. The number of halogens is 6. The number of rotatable bonds is 9. The first-order valence-corrected chi connectivity index (χ1v) is 10.0. The molecule has 0 aliphatic rings. The third-order valence-electron chi connectivity index (χ3n) is 4.43. The quantitative estimate of drug-likeness (QED) is 0.208. The summed E-state index contributed by atoms with van der Waals surface area (Å²) in [5, 5.41) is 9.82. The minimum atomic E-state index is -4.82. The minimum absolute atomic E-state index is 0.0426. The van der Waals surface area contributed by atoms with E-state index in [1.807, 2.05) is 0 Å². The van der Waals surface area contributed by atoms with E-state index < -0.39 is 53.4 Å². The molecule has 7 nitrogen and oxygen atoms in total. The molecule has 1 atom stereocenters. The fourth-order valence-corrected chi connectivity index (χ4v) is 3.10. The van der Waals surface area contributed by atoms with Crippen LogP contribution in [0.25, 0.3) is 0 Å². The largest absolute Gasteiger partial charge is 0.407 e. The van der Waals surface area contributed by atoms with Gasteiger partial charge in [0.05, 0.1) is 5.56 Å². The van der Waals surface area contributed by atoms with Gasteiger partial charge in [-0.25, -0.2) is 13.2 Å². The predicted octanol–water partition coefficient (Wildman–Crippen LogP) is 3.80. The number of benzene rings is 2. The molecule has 2 rings (SSSR count). The van der Waals surface area contributed by atoms with E-state index in [9.17, 15) is 31.5 Å². The SMILES string of the molecule is CCOC(C(=O)NCc1ccc(C(=N)N)cc1)c1c(F)cc(C(=O)N(Cl)CC(F)(F)F)cc1F. The van der Waals surface area contributed by atoms with Gasteiger partial charge < -0.3 is 15.8 Å². The fraction of sp³-hybridized carbons (Fsp3) is 0.286. The molecule has 2 aromatic carbocycles. The van der Waals surface area contributed by atoms with Crippen molar-refractivity contribution in [3.8, 4) is 0 Å². The van der Waals surface area contributed by atoms with E-state index in [4.69, 9.17) is 27.7 Å². The maximum absolute atomic E-state index is 14.7. The van der Waals surface area contributed by atoms with Gasteiger partial charge in [0, 0.05) is 36.1 Å². The van der Waals surface area contributed by atoms with Gasteiger partial charge in [-0.15, -0.1) is 0 Å². The lowest BCUT2D eigenvalue weighted by Crippen LogP contribution is -2.33. The molecule has 184 valence electrons. The number of nitrogens with one attached hydrogen (secondary N) is 2. The summed E-state index contributed by atoms with van der Waals surface area (Å²) >= 11 is 5.30. The molecule has 0 heterocycles. The van der Waals surface area contributed by atoms with Gasteiger partial charge >= 0.3 is 6.18 Å². The molecule has 0 aliphatic carbocycles. The zero-order valence-electron chi connectivity index (χ0n) is 17.7. The average Bonchev–Trinajstić information content (AvgIpc) is 2.74. The van der Waals surface area contributed by atoms with E-state index in [1.165, 1.54) is 6.92 Å². The van der Waals surface area contributed by atoms with Crippen molar-refractivity contribution in [3.05, 3.63) is 70.3 Å². The Kier molecular flexibility index (Phi) is 8.93. The van der Waals surface area contributed by atoms with Gasteiger partial charge in [-0.1, -0.05) is 24.3 Å². The summed E-state index contributed by atoms with van der Waals surface area (Å²) in [4.78, 5) is 24.6. The van der Waals surface area contributed by atoms with E-state index in [2.05, 4.69) is 5.32 Å². The van der Waals surface area contributed by atoms with Crippen LogP contribution < -0.4 is 11.1 Å². The summed E-state index contributed by atoms with van der Waals surface area (Å²) in [5.41, 5.74) is 4.84. The fourth-order valence-electron chi connectivity index (χ4n) is 2.87. The van der Waals surface area contributed by atoms with Gasteiger partial charge in [0.25, 0.3) is 11.8 Å². The number of nitrogen functional groups attached to an aromatic ring is 1. The molecule has 13 heteroatoms. The van der Waals surface area contributed by atoms with Gasteiger partial charge in [0.15, 0.2) is 6.10 Å². The highest BCUT2D eigenvalue weighted by atomic mass is 35.5. The number of carbonyl (C=O) groups is 2. The third kappa shape index (κ3) is 7.12. The van der Waals surface area contributed by atoms with Crippen molar-refractivity contribution in [2.45, 2.75) is 25.7 Å². The first kappa shape index (κ1) is 27.0. The van der Waals surface area contributed by atoms with Crippen LogP contribution in [-0.2, 0) is 16.1 Å². The standard InChI is InChI=1S/C21H20ClF5N4O3/c1-2-34-17(19(32)30-9-11-3-5-12(6-4-11)18(28)29)16-14(23)7-13(8-15(16)24)20(33)31(22)10-21(25,26)27/h3-8,17H,2,9-10H2,1H3,(H3,28,29)(H,30,32). The molecule has 1 unspecified atom stereocenters. The molecule has 4 N–H and O–H groups in total. The molecule has 0 saturated heterocycles. The normalized spacial score (nSPS) is 12.2. The highest BCUT2D eigenvalue weighted by Crippen LogP contribution is 2.27. The summed E-state index contributed by atoms with van der Waals surface area (Å²) in [6.45, 7) is -0.502. The van der Waals surface area contributed by atoms with Crippen molar-refractivity contribution in [2.75, 3.05) is 13.2 Å². The lowest BCUT2D eigenvalue weighted by atomic mass is 10.0. The number of hydrogen-bond donors (Lipinski definition) is 3. The topological polar surface area (TPSA) is 109 Å². The van der Waals surface area contributed by atoms with Gasteiger partial charge in [0.1, 0.15) is 24.0 Å². The van der Waals surface area contributed by atoms with Crippen LogP contribution in [0.2, 0.25) is 0 Å². The molecule has 0 spiro atoms. The van der Waals surface area contributed by atoms with Crippen molar-refractivity contribution in [3.63, 3.8) is 0 Å². The Morgan fingerprint density at radius 1 is 1.15 bits per heavy atom. The van der Waals surface area contributed by atoms with Crippen molar-refractivity contribution < 1.29 is 36.3 Å². The highest BCUT2D eigenvalue weighted by Gasteiger charge is 2.34. The van der Waals surface area contributed by atoms with Crippen LogP contribution in [0, 0.1) is 17.0 Å². The van der Waals surface area contributed by atoms with Crippen LogP contribution in [0.1, 0.15) is 40.1 Å². The average molecular weight is 507 g/mol. The number of amides is 2. The number of nitrogens with zero attached hydrogens (tertiary/aromatic N) is 1. The van der Waals surface area contributed by atoms with Crippen LogP contribution in [0.3, 0.4) is 0 Å². The number of carbonyl (C=O) groups excluding carboxylic acids is 2. The second-order valence-corrected chi connectivity index (χ2v) is 7.37. The lowest BCUT2D eigenvalue weighted by Gasteiger charge is -2.20. The molecular formula is C21H20ClF5N4O3. The van der Waals surface area contributed by atoms with Gasteiger partial charge in [0.2, 0.25) is 0 Å². The Labute approximate surface area is 196 Å². The zero-order valence-corrected chi connectivity index (χ0v) is 18.4. The van der Waals surface area contributed by atoms with Crippen molar-refractivity contribution in [1.29, 1.82) is 5.41 Å². The number of alkyl halides is 3. The number of amidine groups is 1. The van der Waals surface area contributed by atoms with Crippen molar-refractivity contribution >= 4 is 29.4 Å². The molecular weight excluding hydrogens is 487 g/mol. The molecule has 0 fully saturated rings. The molecule has 0 radical (unpaired) electrons. The smallest absolute Gasteiger partial charge is 0.384 e. The summed E-state index contributed by atoms with van der Waals surface area (Å²) in [7, 11) is 0.